The smallest absolute Gasteiger partial charge is 0.270 e. The molecule has 1 amide bonds. The Morgan fingerprint density at radius 3 is 2.61 bits per heavy atom. The molecular formula is C24H36N4O3. The lowest BCUT2D eigenvalue weighted by Crippen LogP contribution is -2.51. The molecule has 7 nitrogen and oxygen atoms in total. The van der Waals surface area contributed by atoms with E-state index in [1.807, 2.05) is 6.92 Å². The first-order valence-corrected chi connectivity index (χ1v) is 12.1. The molecule has 1 unspecified atom stereocenters. The molecular weight excluding hydrogens is 392 g/mol. The molecule has 31 heavy (non-hydrogen) atoms. The van der Waals surface area contributed by atoms with Crippen molar-refractivity contribution in [3.05, 3.63) is 11.9 Å². The number of ketones is 1. The van der Waals surface area contributed by atoms with E-state index in [1.165, 1.54) is 36.6 Å². The Balaban J connectivity index is 1.29. The van der Waals surface area contributed by atoms with Gasteiger partial charge in [0.1, 0.15) is 6.54 Å². The summed E-state index contributed by atoms with van der Waals surface area (Å²) in [5.74, 6) is 3.23. The van der Waals surface area contributed by atoms with Crippen molar-refractivity contribution >= 4 is 11.7 Å². The van der Waals surface area contributed by atoms with Gasteiger partial charge in [-0.05, 0) is 99.7 Å². The standard InChI is InChI=1S/C24H36N4O3/c1-23(31)9-7-15-14(11-23)3-4-17-16(15)8-10-24(2)18(17)5-6-19(24)21(29)13-28-12-20(22(25)30)26-27-28/h12,14-19,31H,3-11,13H2,1-2H3,(H2,25,30)/t14-,15+,16-,17-,18+,19-,23-,24?/m1/s1. The summed E-state index contributed by atoms with van der Waals surface area (Å²) in [6, 6.07) is 0. The number of carbonyl (C=O) groups excluding carboxylic acids is 2. The van der Waals surface area contributed by atoms with Gasteiger partial charge in [0, 0.05) is 5.92 Å². The molecule has 4 saturated carbocycles. The second-order valence-electron chi connectivity index (χ2n) is 11.5. The number of primary amides is 1. The quantitative estimate of drug-likeness (QED) is 0.766. The van der Waals surface area contributed by atoms with Gasteiger partial charge in [0.05, 0.1) is 11.8 Å². The molecule has 1 heterocycles. The average Bonchev–Trinajstić information content (AvgIpc) is 3.31. The van der Waals surface area contributed by atoms with E-state index in [4.69, 9.17) is 5.73 Å². The fraction of sp³-hybridized carbons (Fsp3) is 0.833. The van der Waals surface area contributed by atoms with E-state index in [9.17, 15) is 14.7 Å². The van der Waals surface area contributed by atoms with Crippen LogP contribution in [0.2, 0.25) is 0 Å². The van der Waals surface area contributed by atoms with E-state index in [1.54, 1.807) is 0 Å². The van der Waals surface area contributed by atoms with E-state index in [-0.39, 0.29) is 29.4 Å². The van der Waals surface area contributed by atoms with E-state index in [0.29, 0.717) is 11.8 Å². The van der Waals surface area contributed by atoms with Crippen molar-refractivity contribution in [3.63, 3.8) is 0 Å². The third-order valence-corrected chi connectivity index (χ3v) is 9.73. The Bertz CT molecular complexity index is 880. The summed E-state index contributed by atoms with van der Waals surface area (Å²) in [4.78, 5) is 24.6. The van der Waals surface area contributed by atoms with Gasteiger partial charge in [-0.25, -0.2) is 4.68 Å². The van der Waals surface area contributed by atoms with E-state index >= 15 is 0 Å². The van der Waals surface area contributed by atoms with Crippen LogP contribution in [0.5, 0.6) is 0 Å². The Kier molecular flexibility index (Phi) is 5.03. The zero-order valence-corrected chi connectivity index (χ0v) is 18.8. The van der Waals surface area contributed by atoms with Crippen molar-refractivity contribution in [2.45, 2.75) is 83.8 Å². The van der Waals surface area contributed by atoms with Crippen LogP contribution in [0.4, 0.5) is 0 Å². The Morgan fingerprint density at radius 2 is 1.87 bits per heavy atom. The predicted octanol–water partition coefficient (Wildman–Crippen LogP) is 2.97. The number of aromatic nitrogens is 3. The van der Waals surface area contributed by atoms with Gasteiger partial charge >= 0.3 is 0 Å². The molecule has 1 aromatic rings. The summed E-state index contributed by atoms with van der Waals surface area (Å²) >= 11 is 0. The Hall–Kier alpha value is -1.76. The van der Waals surface area contributed by atoms with Gasteiger partial charge in [0.25, 0.3) is 5.91 Å². The predicted molar refractivity (Wildman–Crippen MR) is 115 cm³/mol. The molecule has 0 saturated heterocycles. The first-order chi connectivity index (χ1) is 14.7. The van der Waals surface area contributed by atoms with Crippen molar-refractivity contribution in [2.24, 2.45) is 46.7 Å². The number of amides is 1. The van der Waals surface area contributed by atoms with Crippen molar-refractivity contribution < 1.29 is 14.7 Å². The minimum atomic E-state index is -0.621. The highest BCUT2D eigenvalue weighted by Crippen LogP contribution is 2.64. The summed E-state index contributed by atoms with van der Waals surface area (Å²) in [5, 5.41) is 18.3. The molecule has 3 N–H and O–H groups in total. The van der Waals surface area contributed by atoms with Crippen molar-refractivity contribution in [2.75, 3.05) is 0 Å². The highest BCUT2D eigenvalue weighted by Gasteiger charge is 2.58. The van der Waals surface area contributed by atoms with Crippen LogP contribution >= 0.6 is 0 Å². The number of hydrogen-bond donors (Lipinski definition) is 2. The first kappa shape index (κ1) is 21.1. The van der Waals surface area contributed by atoms with Crippen LogP contribution in [0, 0.1) is 40.9 Å². The monoisotopic (exact) mass is 428 g/mol. The van der Waals surface area contributed by atoms with Gasteiger partial charge in [0.2, 0.25) is 0 Å². The fourth-order valence-corrected chi connectivity index (χ4v) is 8.37. The molecule has 5 rings (SSSR count). The normalized spacial score (nSPS) is 44.2. The summed E-state index contributed by atoms with van der Waals surface area (Å²) in [6.45, 7) is 4.54. The zero-order chi connectivity index (χ0) is 22.0. The molecule has 1 aromatic heterocycles. The number of rotatable bonds is 4. The van der Waals surface area contributed by atoms with Gasteiger partial charge in [0.15, 0.2) is 11.5 Å². The summed E-state index contributed by atoms with van der Waals surface area (Å²) in [5.41, 5.74) is 4.96. The van der Waals surface area contributed by atoms with Gasteiger partial charge in [-0.2, -0.15) is 0 Å². The van der Waals surface area contributed by atoms with Gasteiger partial charge in [-0.15, -0.1) is 5.10 Å². The highest BCUT2D eigenvalue weighted by atomic mass is 16.3. The molecule has 4 aliphatic rings. The molecule has 7 heteroatoms. The Labute approximate surface area is 184 Å². The van der Waals surface area contributed by atoms with Crippen LogP contribution < -0.4 is 5.73 Å². The number of aliphatic hydroxyl groups is 1. The second-order valence-corrected chi connectivity index (χ2v) is 11.5. The minimum Gasteiger partial charge on any atom is -0.390 e. The second kappa shape index (κ2) is 7.39. The molecule has 4 fully saturated rings. The molecule has 0 bridgehead atoms. The van der Waals surface area contributed by atoms with Crippen LogP contribution in [0.3, 0.4) is 0 Å². The maximum atomic E-state index is 13.3. The largest absolute Gasteiger partial charge is 0.390 e. The number of carbonyl (C=O) groups is 2. The molecule has 4 aliphatic carbocycles. The number of Topliss-reactive ketones (excluding diaryl/α,β-unsaturated/α-hetero) is 1. The van der Waals surface area contributed by atoms with Crippen molar-refractivity contribution in [1.82, 2.24) is 15.0 Å². The number of nitrogens with zero attached hydrogens (tertiary/aromatic N) is 3. The summed E-state index contributed by atoms with van der Waals surface area (Å²) < 4.78 is 1.46. The molecule has 170 valence electrons. The van der Waals surface area contributed by atoms with Gasteiger partial charge < -0.3 is 10.8 Å². The molecule has 0 aliphatic heterocycles. The highest BCUT2D eigenvalue weighted by molar-refractivity contribution is 5.90. The van der Waals surface area contributed by atoms with Crippen molar-refractivity contribution in [1.29, 1.82) is 0 Å². The first-order valence-electron chi connectivity index (χ1n) is 12.1. The maximum absolute atomic E-state index is 13.3. The van der Waals surface area contributed by atoms with E-state index in [0.717, 1.165) is 49.9 Å². The fourth-order valence-electron chi connectivity index (χ4n) is 8.37. The molecule has 0 radical (unpaired) electrons. The van der Waals surface area contributed by atoms with Crippen LogP contribution in [-0.2, 0) is 11.3 Å². The third-order valence-electron chi connectivity index (χ3n) is 9.73. The Morgan fingerprint density at radius 1 is 1.10 bits per heavy atom. The number of hydrogen-bond acceptors (Lipinski definition) is 5. The zero-order valence-electron chi connectivity index (χ0n) is 18.8. The van der Waals surface area contributed by atoms with Gasteiger partial charge in [-0.1, -0.05) is 12.1 Å². The molecule has 0 aromatic carbocycles. The average molecular weight is 429 g/mol. The van der Waals surface area contributed by atoms with Crippen LogP contribution in [-0.4, -0.2) is 37.4 Å². The SMILES string of the molecule is CC12CC[C@H]3[C@@H](CC[C@@H]4C[C@](C)(O)CC[C@@H]43)[C@@H]1CC[C@@H]2C(=O)Cn1cc(C(N)=O)nn1. The summed E-state index contributed by atoms with van der Waals surface area (Å²) in [7, 11) is 0. The van der Waals surface area contributed by atoms with Crippen LogP contribution in [0.25, 0.3) is 0 Å². The number of nitrogens with two attached hydrogens (primary N) is 1. The lowest BCUT2D eigenvalue weighted by Gasteiger charge is -2.56. The summed E-state index contributed by atoms with van der Waals surface area (Å²) in [6.07, 6.45) is 11.5. The van der Waals surface area contributed by atoms with Gasteiger partial charge in [-0.3, -0.25) is 9.59 Å². The third kappa shape index (κ3) is 3.53. The van der Waals surface area contributed by atoms with E-state index < -0.39 is 11.5 Å². The van der Waals surface area contributed by atoms with E-state index in [2.05, 4.69) is 17.2 Å². The van der Waals surface area contributed by atoms with Crippen molar-refractivity contribution in [3.8, 4) is 0 Å². The number of fused-ring (bicyclic) bond motifs is 5. The van der Waals surface area contributed by atoms with Crippen LogP contribution in [0.15, 0.2) is 6.20 Å². The maximum Gasteiger partial charge on any atom is 0.270 e. The molecule has 8 atom stereocenters. The van der Waals surface area contributed by atoms with Crippen LogP contribution in [0.1, 0.15) is 82.1 Å². The lowest BCUT2D eigenvalue weighted by atomic mass is 9.49. The minimum absolute atomic E-state index is 0.0597. The molecule has 0 spiro atoms. The lowest BCUT2D eigenvalue weighted by molar-refractivity contribution is -0.133. The topological polar surface area (TPSA) is 111 Å².